The average Bonchev–Trinajstić information content (AvgIpc) is 2.60. The molecule has 0 radical (unpaired) electrons. The molecule has 0 aromatic heterocycles. The van der Waals surface area contributed by atoms with E-state index < -0.39 is 15.9 Å². The number of benzene rings is 2. The van der Waals surface area contributed by atoms with E-state index in [0.717, 1.165) is 5.56 Å². The molecule has 0 saturated heterocycles. The maximum Gasteiger partial charge on any atom is 0.251 e. The maximum atomic E-state index is 13.0. The Balaban J connectivity index is 2.15. The third-order valence-electron chi connectivity index (χ3n) is 3.54. The van der Waals surface area contributed by atoms with Crippen LogP contribution >= 0.6 is 0 Å². The summed E-state index contributed by atoms with van der Waals surface area (Å²) < 4.78 is 39.5. The first kappa shape index (κ1) is 18.8. The number of sulfonamides is 1. The van der Waals surface area contributed by atoms with Crippen LogP contribution in [0, 0.1) is 5.82 Å². The summed E-state index contributed by atoms with van der Waals surface area (Å²) in [5.74, 6) is -0.773. The third-order valence-corrected chi connectivity index (χ3v) is 4.96. The number of amides is 1. The van der Waals surface area contributed by atoms with Crippen molar-refractivity contribution in [3.8, 4) is 0 Å². The van der Waals surface area contributed by atoms with Gasteiger partial charge in [-0.05, 0) is 42.8 Å². The second-order valence-electron chi connectivity index (χ2n) is 5.42. The van der Waals surface area contributed by atoms with E-state index in [2.05, 4.69) is 16.6 Å². The summed E-state index contributed by atoms with van der Waals surface area (Å²) >= 11 is 0. The van der Waals surface area contributed by atoms with Crippen LogP contribution in [-0.2, 0) is 10.0 Å². The van der Waals surface area contributed by atoms with Crippen LogP contribution in [0.15, 0.2) is 66.1 Å². The highest BCUT2D eigenvalue weighted by molar-refractivity contribution is 7.89. The Morgan fingerprint density at radius 3 is 2.56 bits per heavy atom. The van der Waals surface area contributed by atoms with Gasteiger partial charge >= 0.3 is 0 Å². The summed E-state index contributed by atoms with van der Waals surface area (Å²) in [6.45, 7) is 5.31. The van der Waals surface area contributed by atoms with E-state index in [1.54, 1.807) is 19.1 Å². The zero-order valence-electron chi connectivity index (χ0n) is 13.7. The van der Waals surface area contributed by atoms with E-state index in [9.17, 15) is 17.6 Å². The van der Waals surface area contributed by atoms with Crippen molar-refractivity contribution in [2.45, 2.75) is 17.9 Å². The van der Waals surface area contributed by atoms with E-state index in [-0.39, 0.29) is 28.9 Å². The molecule has 132 valence electrons. The predicted molar refractivity (Wildman–Crippen MR) is 94.1 cm³/mol. The smallest absolute Gasteiger partial charge is 0.251 e. The zero-order chi connectivity index (χ0) is 18.4. The van der Waals surface area contributed by atoms with Crippen molar-refractivity contribution in [1.29, 1.82) is 0 Å². The summed E-state index contributed by atoms with van der Waals surface area (Å²) in [6.07, 6.45) is 1.43. The molecule has 0 bridgehead atoms. The number of halogens is 1. The first-order valence-corrected chi connectivity index (χ1v) is 9.09. The topological polar surface area (TPSA) is 75.3 Å². The molecule has 1 unspecified atom stereocenters. The largest absolute Gasteiger partial charge is 0.346 e. The minimum absolute atomic E-state index is 0.00330. The molecule has 2 aromatic rings. The fourth-order valence-corrected chi connectivity index (χ4v) is 3.21. The molecule has 1 atom stereocenters. The van der Waals surface area contributed by atoms with Gasteiger partial charge < -0.3 is 5.32 Å². The molecule has 0 fully saturated rings. The Hall–Kier alpha value is -2.51. The van der Waals surface area contributed by atoms with Crippen LogP contribution in [-0.4, -0.2) is 20.9 Å². The summed E-state index contributed by atoms with van der Waals surface area (Å²) in [5.41, 5.74) is 0.960. The number of carbonyl (C=O) groups excluding carboxylic acids is 1. The summed E-state index contributed by atoms with van der Waals surface area (Å²) in [4.78, 5) is 12.4. The molecule has 25 heavy (non-hydrogen) atoms. The minimum atomic E-state index is -3.71. The van der Waals surface area contributed by atoms with Gasteiger partial charge in [-0.3, -0.25) is 4.79 Å². The number of carbonyl (C=O) groups is 1. The predicted octanol–water partition coefficient (Wildman–Crippen LogP) is 2.78. The van der Waals surface area contributed by atoms with Crippen molar-refractivity contribution < 1.29 is 17.6 Å². The molecule has 2 aromatic carbocycles. The van der Waals surface area contributed by atoms with E-state index in [1.165, 1.54) is 42.5 Å². The second kappa shape index (κ2) is 8.04. The summed E-state index contributed by atoms with van der Waals surface area (Å²) in [7, 11) is -3.71. The van der Waals surface area contributed by atoms with E-state index in [1.807, 2.05) is 0 Å². The SMILES string of the molecule is C=CCNS(=O)(=O)c1cccc(C(=O)NC(C)c2ccc(F)cc2)c1. The molecule has 0 aliphatic rings. The Bertz CT molecular complexity index is 864. The van der Waals surface area contributed by atoms with Crippen molar-refractivity contribution in [3.05, 3.63) is 78.1 Å². The van der Waals surface area contributed by atoms with Gasteiger partial charge in [-0.1, -0.05) is 24.3 Å². The lowest BCUT2D eigenvalue weighted by Gasteiger charge is -2.15. The molecule has 5 nitrogen and oxygen atoms in total. The zero-order valence-corrected chi connectivity index (χ0v) is 14.5. The van der Waals surface area contributed by atoms with Crippen molar-refractivity contribution in [1.82, 2.24) is 10.0 Å². The van der Waals surface area contributed by atoms with Crippen LogP contribution in [0.2, 0.25) is 0 Å². The van der Waals surface area contributed by atoms with Crippen molar-refractivity contribution >= 4 is 15.9 Å². The molecule has 7 heteroatoms. The van der Waals surface area contributed by atoms with E-state index in [0.29, 0.717) is 0 Å². The van der Waals surface area contributed by atoms with Gasteiger partial charge in [-0.25, -0.2) is 17.5 Å². The summed E-state index contributed by atoms with van der Waals surface area (Å²) in [6, 6.07) is 11.2. The maximum absolute atomic E-state index is 13.0. The molecule has 0 aliphatic heterocycles. The minimum Gasteiger partial charge on any atom is -0.346 e. The van der Waals surface area contributed by atoms with Crippen LogP contribution < -0.4 is 10.0 Å². The van der Waals surface area contributed by atoms with E-state index in [4.69, 9.17) is 0 Å². The number of hydrogen-bond acceptors (Lipinski definition) is 3. The van der Waals surface area contributed by atoms with Gasteiger partial charge in [-0.15, -0.1) is 6.58 Å². The Morgan fingerprint density at radius 1 is 1.24 bits per heavy atom. The third kappa shape index (κ3) is 4.98. The van der Waals surface area contributed by atoms with Crippen LogP contribution in [0.25, 0.3) is 0 Å². The van der Waals surface area contributed by atoms with Gasteiger partial charge in [0.15, 0.2) is 0 Å². The normalized spacial score (nSPS) is 12.4. The average molecular weight is 362 g/mol. The molecule has 0 aliphatic carbocycles. The summed E-state index contributed by atoms with van der Waals surface area (Å²) in [5, 5.41) is 2.76. The van der Waals surface area contributed by atoms with Gasteiger partial charge in [0.25, 0.3) is 5.91 Å². The fourth-order valence-electron chi connectivity index (χ4n) is 2.17. The highest BCUT2D eigenvalue weighted by Gasteiger charge is 2.17. The molecule has 2 rings (SSSR count). The lowest BCUT2D eigenvalue weighted by molar-refractivity contribution is 0.0939. The lowest BCUT2D eigenvalue weighted by atomic mass is 10.1. The second-order valence-corrected chi connectivity index (χ2v) is 7.18. The molecule has 0 spiro atoms. The van der Waals surface area contributed by atoms with Gasteiger partial charge in [-0.2, -0.15) is 0 Å². The Labute approximate surface area is 146 Å². The van der Waals surface area contributed by atoms with Crippen LogP contribution in [0.5, 0.6) is 0 Å². The van der Waals surface area contributed by atoms with Gasteiger partial charge in [0.2, 0.25) is 10.0 Å². The van der Waals surface area contributed by atoms with Gasteiger partial charge in [0, 0.05) is 12.1 Å². The number of rotatable bonds is 7. The van der Waals surface area contributed by atoms with Gasteiger partial charge in [0.05, 0.1) is 10.9 Å². The van der Waals surface area contributed by atoms with Crippen molar-refractivity contribution in [2.75, 3.05) is 6.54 Å². The van der Waals surface area contributed by atoms with E-state index >= 15 is 0 Å². The molecular formula is C18H19FN2O3S. The highest BCUT2D eigenvalue weighted by atomic mass is 32.2. The highest BCUT2D eigenvalue weighted by Crippen LogP contribution is 2.15. The molecule has 0 heterocycles. The lowest BCUT2D eigenvalue weighted by Crippen LogP contribution is -2.27. The standard InChI is InChI=1S/C18H19FN2O3S/c1-3-11-20-25(23,24)17-6-4-5-15(12-17)18(22)21-13(2)14-7-9-16(19)10-8-14/h3-10,12-13,20H,1,11H2,2H3,(H,21,22). The van der Waals surface area contributed by atoms with Gasteiger partial charge in [0.1, 0.15) is 5.82 Å². The number of hydrogen-bond donors (Lipinski definition) is 2. The quantitative estimate of drug-likeness (QED) is 0.744. The Kier molecular flexibility index (Phi) is 6.06. The first-order chi connectivity index (χ1) is 11.8. The van der Waals surface area contributed by atoms with Crippen LogP contribution in [0.1, 0.15) is 28.9 Å². The van der Waals surface area contributed by atoms with Crippen LogP contribution in [0.4, 0.5) is 4.39 Å². The molecule has 0 saturated carbocycles. The van der Waals surface area contributed by atoms with Crippen molar-refractivity contribution in [2.24, 2.45) is 0 Å². The van der Waals surface area contributed by atoms with Crippen LogP contribution in [0.3, 0.4) is 0 Å². The first-order valence-electron chi connectivity index (χ1n) is 7.60. The Morgan fingerprint density at radius 2 is 1.92 bits per heavy atom. The fraction of sp³-hybridized carbons (Fsp3) is 0.167. The van der Waals surface area contributed by atoms with Crippen molar-refractivity contribution in [3.63, 3.8) is 0 Å². The molecule has 1 amide bonds. The molecular weight excluding hydrogens is 343 g/mol. The monoisotopic (exact) mass is 362 g/mol. The number of nitrogens with one attached hydrogen (secondary N) is 2. The molecule has 2 N–H and O–H groups in total.